The lowest BCUT2D eigenvalue weighted by Crippen LogP contribution is -2.39. The van der Waals surface area contributed by atoms with E-state index < -0.39 is 0 Å². The Morgan fingerprint density at radius 2 is 1.90 bits per heavy atom. The maximum atomic E-state index is 5.40. The van der Waals surface area contributed by atoms with E-state index in [1.807, 2.05) is 36.7 Å². The SMILES string of the molecule is Cc1nnc(CN=C(NCCCN(C)c2ccccc2)NCCc2ccco2)n1C. The smallest absolute Gasteiger partial charge is 0.191 e. The van der Waals surface area contributed by atoms with Crippen molar-refractivity contribution >= 4 is 11.6 Å². The zero-order valence-corrected chi connectivity index (χ0v) is 18.0. The molecule has 0 aliphatic carbocycles. The summed E-state index contributed by atoms with van der Waals surface area (Å²) in [4.78, 5) is 6.94. The molecular weight excluding hydrogens is 378 g/mol. The van der Waals surface area contributed by atoms with Crippen molar-refractivity contribution in [1.82, 2.24) is 25.4 Å². The third-order valence-electron chi connectivity index (χ3n) is 4.96. The van der Waals surface area contributed by atoms with Crippen molar-refractivity contribution < 1.29 is 4.42 Å². The highest BCUT2D eigenvalue weighted by molar-refractivity contribution is 5.79. The molecule has 2 aromatic heterocycles. The number of rotatable bonds is 10. The van der Waals surface area contributed by atoms with Gasteiger partial charge in [-0.15, -0.1) is 10.2 Å². The van der Waals surface area contributed by atoms with Gasteiger partial charge in [-0.25, -0.2) is 4.99 Å². The first-order valence-electron chi connectivity index (χ1n) is 10.3. The van der Waals surface area contributed by atoms with E-state index in [-0.39, 0.29) is 0 Å². The Labute approximate surface area is 178 Å². The zero-order valence-electron chi connectivity index (χ0n) is 18.0. The number of guanidine groups is 1. The fourth-order valence-corrected chi connectivity index (χ4v) is 3.01. The number of nitrogens with one attached hydrogen (secondary N) is 2. The van der Waals surface area contributed by atoms with Crippen LogP contribution in [0.1, 0.15) is 23.8 Å². The molecule has 0 bridgehead atoms. The summed E-state index contributed by atoms with van der Waals surface area (Å²) in [5.74, 6) is 3.44. The van der Waals surface area contributed by atoms with E-state index in [9.17, 15) is 0 Å². The molecule has 0 aliphatic heterocycles. The topological polar surface area (TPSA) is 83.5 Å². The van der Waals surface area contributed by atoms with Gasteiger partial charge < -0.3 is 24.5 Å². The number of aromatic nitrogens is 3. The van der Waals surface area contributed by atoms with Gasteiger partial charge in [0.15, 0.2) is 11.8 Å². The average Bonchev–Trinajstić information content (AvgIpc) is 3.40. The van der Waals surface area contributed by atoms with E-state index in [0.717, 1.165) is 55.8 Å². The minimum atomic E-state index is 0.470. The number of aliphatic imine (C=N–C) groups is 1. The first kappa shape index (κ1) is 21.4. The average molecular weight is 410 g/mol. The van der Waals surface area contributed by atoms with Crippen LogP contribution in [-0.2, 0) is 20.0 Å². The molecule has 0 aliphatic rings. The van der Waals surface area contributed by atoms with E-state index in [0.29, 0.717) is 6.54 Å². The molecule has 0 unspecified atom stereocenters. The highest BCUT2D eigenvalue weighted by Crippen LogP contribution is 2.10. The van der Waals surface area contributed by atoms with Crippen LogP contribution in [0, 0.1) is 6.92 Å². The van der Waals surface area contributed by atoms with Crippen LogP contribution < -0.4 is 15.5 Å². The summed E-state index contributed by atoms with van der Waals surface area (Å²) in [7, 11) is 4.07. The molecule has 0 fully saturated rings. The Bertz CT molecular complexity index is 903. The number of aryl methyl sites for hydroxylation is 1. The van der Waals surface area contributed by atoms with Crippen LogP contribution in [0.4, 0.5) is 5.69 Å². The summed E-state index contributed by atoms with van der Waals surface area (Å²) in [6.07, 6.45) is 3.49. The number of furan rings is 1. The first-order valence-corrected chi connectivity index (χ1v) is 10.3. The van der Waals surface area contributed by atoms with Crippen LogP contribution in [-0.4, -0.2) is 47.4 Å². The van der Waals surface area contributed by atoms with Gasteiger partial charge in [-0.2, -0.15) is 0 Å². The molecule has 0 amide bonds. The summed E-state index contributed by atoms with van der Waals surface area (Å²) in [6.45, 7) is 4.92. The summed E-state index contributed by atoms with van der Waals surface area (Å²) in [5, 5.41) is 15.1. The van der Waals surface area contributed by atoms with Gasteiger partial charge in [0.2, 0.25) is 0 Å². The van der Waals surface area contributed by atoms with Gasteiger partial charge >= 0.3 is 0 Å². The third kappa shape index (κ3) is 6.37. The Morgan fingerprint density at radius 3 is 2.60 bits per heavy atom. The van der Waals surface area contributed by atoms with E-state index in [2.05, 4.69) is 62.0 Å². The van der Waals surface area contributed by atoms with Gasteiger partial charge in [-0.05, 0) is 37.6 Å². The fourth-order valence-electron chi connectivity index (χ4n) is 3.01. The molecule has 3 rings (SSSR count). The number of hydrogen-bond acceptors (Lipinski definition) is 5. The van der Waals surface area contributed by atoms with Crippen molar-refractivity contribution in [2.45, 2.75) is 26.3 Å². The lowest BCUT2D eigenvalue weighted by molar-refractivity contribution is 0.506. The van der Waals surface area contributed by atoms with E-state index in [1.54, 1.807) is 6.26 Å². The van der Waals surface area contributed by atoms with Crippen LogP contribution in [0.5, 0.6) is 0 Å². The standard InChI is InChI=1S/C22H31N7O/c1-18-26-27-21(29(18)3)17-25-22(24-14-12-20-11-7-16-30-20)23-13-8-15-28(2)19-9-5-4-6-10-19/h4-7,9-11,16H,8,12-15,17H2,1-3H3,(H2,23,24,25). The lowest BCUT2D eigenvalue weighted by atomic mass is 10.3. The first-order chi connectivity index (χ1) is 14.6. The predicted molar refractivity (Wildman–Crippen MR) is 120 cm³/mol. The zero-order chi connectivity index (χ0) is 21.2. The molecule has 2 N–H and O–H groups in total. The molecule has 1 aromatic carbocycles. The van der Waals surface area contributed by atoms with Crippen molar-refractivity contribution in [3.8, 4) is 0 Å². The molecule has 3 aromatic rings. The monoisotopic (exact) mass is 409 g/mol. The highest BCUT2D eigenvalue weighted by atomic mass is 16.3. The van der Waals surface area contributed by atoms with Crippen LogP contribution in [0.15, 0.2) is 58.1 Å². The van der Waals surface area contributed by atoms with E-state index in [4.69, 9.17) is 4.42 Å². The van der Waals surface area contributed by atoms with Gasteiger partial charge in [-0.3, -0.25) is 0 Å². The van der Waals surface area contributed by atoms with Gasteiger partial charge in [0.05, 0.1) is 6.26 Å². The number of hydrogen-bond donors (Lipinski definition) is 2. The second-order valence-electron chi connectivity index (χ2n) is 7.18. The van der Waals surface area contributed by atoms with Crippen molar-refractivity contribution in [2.24, 2.45) is 12.0 Å². The van der Waals surface area contributed by atoms with Crippen LogP contribution in [0.3, 0.4) is 0 Å². The Morgan fingerprint density at radius 1 is 1.10 bits per heavy atom. The predicted octanol–water partition coefficient (Wildman–Crippen LogP) is 2.52. The molecule has 0 saturated carbocycles. The molecule has 30 heavy (non-hydrogen) atoms. The highest BCUT2D eigenvalue weighted by Gasteiger charge is 2.06. The fraction of sp³-hybridized carbons (Fsp3) is 0.409. The molecule has 8 heteroatoms. The second-order valence-corrected chi connectivity index (χ2v) is 7.18. The van der Waals surface area contributed by atoms with Crippen LogP contribution in [0.2, 0.25) is 0 Å². The van der Waals surface area contributed by atoms with Gasteiger partial charge in [0.25, 0.3) is 0 Å². The third-order valence-corrected chi connectivity index (χ3v) is 4.96. The summed E-state index contributed by atoms with van der Waals surface area (Å²) >= 11 is 0. The molecule has 0 spiro atoms. The molecule has 8 nitrogen and oxygen atoms in total. The minimum Gasteiger partial charge on any atom is -0.469 e. The molecule has 0 atom stereocenters. The van der Waals surface area contributed by atoms with Crippen molar-refractivity contribution in [1.29, 1.82) is 0 Å². The van der Waals surface area contributed by atoms with Crippen LogP contribution >= 0.6 is 0 Å². The molecule has 0 radical (unpaired) electrons. The summed E-state index contributed by atoms with van der Waals surface area (Å²) < 4.78 is 7.36. The normalized spacial score (nSPS) is 11.5. The maximum absolute atomic E-state index is 5.40. The number of anilines is 1. The number of nitrogens with zero attached hydrogens (tertiary/aromatic N) is 5. The minimum absolute atomic E-state index is 0.470. The van der Waals surface area contributed by atoms with Crippen molar-refractivity contribution in [3.63, 3.8) is 0 Å². The maximum Gasteiger partial charge on any atom is 0.191 e. The lowest BCUT2D eigenvalue weighted by Gasteiger charge is -2.19. The Balaban J connectivity index is 1.50. The van der Waals surface area contributed by atoms with Gasteiger partial charge in [-0.1, -0.05) is 18.2 Å². The molecule has 2 heterocycles. The quantitative estimate of drug-likeness (QED) is 0.304. The van der Waals surface area contributed by atoms with E-state index >= 15 is 0 Å². The van der Waals surface area contributed by atoms with Crippen LogP contribution in [0.25, 0.3) is 0 Å². The number of para-hydroxylation sites is 1. The molecule has 0 saturated heterocycles. The molecule has 160 valence electrons. The number of benzene rings is 1. The van der Waals surface area contributed by atoms with E-state index in [1.165, 1.54) is 5.69 Å². The second kappa shape index (κ2) is 11.0. The Hall–Kier alpha value is -3.29. The summed E-state index contributed by atoms with van der Waals surface area (Å²) in [6, 6.07) is 14.3. The van der Waals surface area contributed by atoms with Gasteiger partial charge in [0, 0.05) is 45.8 Å². The summed E-state index contributed by atoms with van der Waals surface area (Å²) in [5.41, 5.74) is 1.22. The van der Waals surface area contributed by atoms with Crippen molar-refractivity contribution in [2.75, 3.05) is 31.6 Å². The largest absolute Gasteiger partial charge is 0.469 e. The Kier molecular flexibility index (Phi) is 7.88. The van der Waals surface area contributed by atoms with Crippen molar-refractivity contribution in [3.05, 3.63) is 66.1 Å². The molecular formula is C22H31N7O. The van der Waals surface area contributed by atoms with Gasteiger partial charge in [0.1, 0.15) is 18.1 Å².